The lowest BCUT2D eigenvalue weighted by molar-refractivity contribution is 0.177. The van der Waals surface area contributed by atoms with Crippen LogP contribution in [0.1, 0.15) is 48.0 Å². The van der Waals surface area contributed by atoms with Gasteiger partial charge in [-0.3, -0.25) is 0 Å². The van der Waals surface area contributed by atoms with Crippen LogP contribution in [-0.2, 0) is 4.74 Å². The van der Waals surface area contributed by atoms with Crippen LogP contribution in [0.3, 0.4) is 0 Å². The molecule has 0 radical (unpaired) electrons. The molecule has 1 unspecified atom stereocenters. The number of hydrogen-bond donors (Lipinski definition) is 0. The monoisotopic (exact) mass is 238 g/mol. The first kappa shape index (κ1) is 16.4. The zero-order valence-corrected chi connectivity index (χ0v) is 11.2. The minimum absolute atomic E-state index is 0. The quantitative estimate of drug-likeness (QED) is 0.668. The molecule has 1 heterocycles. The molecule has 0 aromatic carbocycles. The van der Waals surface area contributed by atoms with Crippen LogP contribution in [0.25, 0.3) is 0 Å². The minimum Gasteiger partial charge on any atom is -0.381 e. The second kappa shape index (κ2) is 8.52. The van der Waals surface area contributed by atoms with E-state index in [4.69, 9.17) is 4.74 Å². The Morgan fingerprint density at radius 2 is 1.94 bits per heavy atom. The molecular weight excluding hydrogens is 208 g/mol. The van der Waals surface area contributed by atoms with Gasteiger partial charge in [-0.1, -0.05) is 53.3 Å². The first-order chi connectivity index (χ1) is 7.61. The van der Waals surface area contributed by atoms with Crippen molar-refractivity contribution in [3.8, 4) is 0 Å². The van der Waals surface area contributed by atoms with E-state index in [0.717, 1.165) is 31.5 Å². The van der Waals surface area contributed by atoms with E-state index in [0.29, 0.717) is 5.92 Å². The maximum atomic E-state index is 5.22. The Morgan fingerprint density at radius 1 is 1.24 bits per heavy atom. The molecule has 1 atom stereocenters. The van der Waals surface area contributed by atoms with Crippen LogP contribution in [0.4, 0.5) is 0 Å². The molecule has 2 aliphatic rings. The Labute approximate surface area is 108 Å². The molecule has 0 bridgehead atoms. The van der Waals surface area contributed by atoms with Gasteiger partial charge in [0.1, 0.15) is 0 Å². The fraction of sp³-hybridized carbons (Fsp3) is 0.750. The minimum atomic E-state index is 0. The fourth-order valence-corrected chi connectivity index (χ4v) is 1.98. The van der Waals surface area contributed by atoms with Crippen LogP contribution in [-0.4, -0.2) is 13.2 Å². The van der Waals surface area contributed by atoms with Crippen molar-refractivity contribution in [2.45, 2.75) is 48.0 Å². The SMILES string of the molecule is C.CC(C)C1=CCC=C1.CC(C)C1CCOC1. The first-order valence-electron chi connectivity index (χ1n) is 6.55. The van der Waals surface area contributed by atoms with Gasteiger partial charge in [-0.25, -0.2) is 0 Å². The van der Waals surface area contributed by atoms with E-state index < -0.39 is 0 Å². The molecule has 0 saturated carbocycles. The first-order valence-corrected chi connectivity index (χ1v) is 6.55. The van der Waals surface area contributed by atoms with Crippen molar-refractivity contribution in [2.24, 2.45) is 17.8 Å². The highest BCUT2D eigenvalue weighted by atomic mass is 16.5. The molecule has 100 valence electrons. The zero-order chi connectivity index (χ0) is 12.0. The molecule has 2 rings (SSSR count). The van der Waals surface area contributed by atoms with E-state index in [1.807, 2.05) is 0 Å². The zero-order valence-electron chi connectivity index (χ0n) is 11.2. The summed E-state index contributed by atoms with van der Waals surface area (Å²) < 4.78 is 5.22. The summed E-state index contributed by atoms with van der Waals surface area (Å²) in [5.41, 5.74) is 1.49. The van der Waals surface area contributed by atoms with Crippen molar-refractivity contribution in [3.05, 3.63) is 23.8 Å². The van der Waals surface area contributed by atoms with Gasteiger partial charge in [-0.15, -0.1) is 0 Å². The van der Waals surface area contributed by atoms with Crippen molar-refractivity contribution in [1.29, 1.82) is 0 Å². The highest BCUT2D eigenvalue weighted by molar-refractivity contribution is 5.27. The Morgan fingerprint density at radius 3 is 2.18 bits per heavy atom. The molecule has 17 heavy (non-hydrogen) atoms. The lowest BCUT2D eigenvalue weighted by Crippen LogP contribution is -2.06. The third-order valence-electron chi connectivity index (χ3n) is 3.37. The molecular formula is C16H30O. The van der Waals surface area contributed by atoms with Gasteiger partial charge in [0.25, 0.3) is 0 Å². The van der Waals surface area contributed by atoms with Crippen LogP contribution in [0.5, 0.6) is 0 Å². The van der Waals surface area contributed by atoms with Gasteiger partial charge >= 0.3 is 0 Å². The van der Waals surface area contributed by atoms with Crippen LogP contribution >= 0.6 is 0 Å². The van der Waals surface area contributed by atoms with Gasteiger partial charge in [-0.2, -0.15) is 0 Å². The number of rotatable bonds is 2. The molecule has 1 heteroatoms. The summed E-state index contributed by atoms with van der Waals surface area (Å²) in [7, 11) is 0. The highest BCUT2D eigenvalue weighted by Crippen LogP contribution is 2.20. The molecule has 1 saturated heterocycles. The third kappa shape index (κ3) is 6.07. The Hall–Kier alpha value is -0.560. The van der Waals surface area contributed by atoms with Gasteiger partial charge in [0, 0.05) is 13.2 Å². The van der Waals surface area contributed by atoms with Crippen molar-refractivity contribution in [2.75, 3.05) is 13.2 Å². The van der Waals surface area contributed by atoms with Crippen molar-refractivity contribution in [1.82, 2.24) is 0 Å². The molecule has 0 amide bonds. The highest BCUT2D eigenvalue weighted by Gasteiger charge is 2.18. The molecule has 1 aliphatic heterocycles. The second-order valence-electron chi connectivity index (χ2n) is 5.36. The molecule has 0 aromatic heterocycles. The van der Waals surface area contributed by atoms with Crippen LogP contribution in [0, 0.1) is 17.8 Å². The molecule has 1 fully saturated rings. The van der Waals surface area contributed by atoms with Crippen LogP contribution < -0.4 is 0 Å². The van der Waals surface area contributed by atoms with Crippen molar-refractivity contribution >= 4 is 0 Å². The predicted molar refractivity (Wildman–Crippen MR) is 77.2 cm³/mol. The standard InChI is InChI=1S/C8H12.C7H14O.CH4/c1-7(2)8-5-3-4-6-8;1-6(2)7-3-4-8-5-7;/h3,5-7H,4H2,1-2H3;6-7H,3-5H2,1-2H3;1H4. The normalized spacial score (nSPS) is 22.2. The number of allylic oxidation sites excluding steroid dienone is 4. The van der Waals surface area contributed by atoms with E-state index >= 15 is 0 Å². The smallest absolute Gasteiger partial charge is 0.0497 e. The second-order valence-corrected chi connectivity index (χ2v) is 5.36. The summed E-state index contributed by atoms with van der Waals surface area (Å²) in [6.07, 6.45) is 9.12. The van der Waals surface area contributed by atoms with Gasteiger partial charge in [0.15, 0.2) is 0 Å². The van der Waals surface area contributed by atoms with E-state index in [2.05, 4.69) is 45.9 Å². The van der Waals surface area contributed by atoms with Crippen molar-refractivity contribution < 1.29 is 4.74 Å². The topological polar surface area (TPSA) is 9.23 Å². The Bertz CT molecular complexity index is 242. The lowest BCUT2D eigenvalue weighted by atomic mass is 9.96. The Balaban J connectivity index is 0.000000284. The van der Waals surface area contributed by atoms with E-state index in [-0.39, 0.29) is 7.43 Å². The molecule has 0 aromatic rings. The van der Waals surface area contributed by atoms with E-state index in [9.17, 15) is 0 Å². The molecule has 1 nitrogen and oxygen atoms in total. The van der Waals surface area contributed by atoms with E-state index in [1.54, 1.807) is 0 Å². The molecule has 0 spiro atoms. The summed E-state index contributed by atoms with van der Waals surface area (Å²) in [6.45, 7) is 11.0. The van der Waals surface area contributed by atoms with Crippen molar-refractivity contribution in [3.63, 3.8) is 0 Å². The molecule has 0 N–H and O–H groups in total. The summed E-state index contributed by atoms with van der Waals surface area (Å²) in [4.78, 5) is 0. The van der Waals surface area contributed by atoms with Gasteiger partial charge in [-0.05, 0) is 36.2 Å². The van der Waals surface area contributed by atoms with Gasteiger partial charge in [0.2, 0.25) is 0 Å². The fourth-order valence-electron chi connectivity index (χ4n) is 1.98. The maximum Gasteiger partial charge on any atom is 0.0497 e. The summed E-state index contributed by atoms with van der Waals surface area (Å²) in [5.74, 6) is 2.38. The average molecular weight is 238 g/mol. The largest absolute Gasteiger partial charge is 0.381 e. The Kier molecular flexibility index (Phi) is 8.24. The van der Waals surface area contributed by atoms with E-state index in [1.165, 1.54) is 12.0 Å². The summed E-state index contributed by atoms with van der Waals surface area (Å²) in [5, 5.41) is 0. The number of hydrogen-bond acceptors (Lipinski definition) is 1. The van der Waals surface area contributed by atoms with Crippen LogP contribution in [0.15, 0.2) is 23.8 Å². The third-order valence-corrected chi connectivity index (χ3v) is 3.37. The number of ether oxygens (including phenoxy) is 1. The summed E-state index contributed by atoms with van der Waals surface area (Å²) >= 11 is 0. The summed E-state index contributed by atoms with van der Waals surface area (Å²) in [6, 6.07) is 0. The lowest BCUT2D eigenvalue weighted by Gasteiger charge is -2.09. The predicted octanol–water partition coefficient (Wildman–Crippen LogP) is 4.84. The van der Waals surface area contributed by atoms with Gasteiger partial charge < -0.3 is 4.74 Å². The molecule has 1 aliphatic carbocycles. The maximum absolute atomic E-state index is 5.22. The average Bonchev–Trinajstić information content (AvgIpc) is 2.93. The van der Waals surface area contributed by atoms with Gasteiger partial charge in [0.05, 0.1) is 0 Å². The van der Waals surface area contributed by atoms with Crippen LogP contribution in [0.2, 0.25) is 0 Å².